The smallest absolute Gasteiger partial charge is 0.406 e. The Bertz CT molecular complexity index is 1880. The third kappa shape index (κ3) is 5.36. The second kappa shape index (κ2) is 12.3. The number of benzene rings is 2. The molecular weight excluding hydrogens is 611 g/mol. The van der Waals surface area contributed by atoms with E-state index in [2.05, 4.69) is 22.0 Å². The number of fused-ring (bicyclic) bond motifs is 5. The molecule has 10 nitrogen and oxygen atoms in total. The van der Waals surface area contributed by atoms with Crippen molar-refractivity contribution < 1.29 is 23.8 Å². The molecule has 252 valence electrons. The fourth-order valence-corrected chi connectivity index (χ4v) is 9.10. The van der Waals surface area contributed by atoms with Gasteiger partial charge < -0.3 is 24.8 Å². The Kier molecular flexibility index (Phi) is 7.97. The number of alkyl carbamates (subject to hydrolysis) is 1. The first-order valence-corrected chi connectivity index (χ1v) is 17.5. The molecule has 1 amide bonds. The number of hydrogen-bond donors (Lipinski definition) is 2. The molecule has 8 rings (SSSR count). The maximum absolute atomic E-state index is 17.0. The summed E-state index contributed by atoms with van der Waals surface area (Å²) >= 11 is 0. The van der Waals surface area contributed by atoms with E-state index in [9.17, 15) is 9.90 Å². The fraction of sp³-hybridized carbons (Fsp3) is 0.514. The van der Waals surface area contributed by atoms with Crippen LogP contribution in [0.3, 0.4) is 0 Å². The van der Waals surface area contributed by atoms with Gasteiger partial charge in [0, 0.05) is 37.9 Å². The van der Waals surface area contributed by atoms with Gasteiger partial charge in [-0.15, -0.1) is 0 Å². The molecule has 0 radical (unpaired) electrons. The molecule has 1 aliphatic carbocycles. The topological polar surface area (TPSA) is 113 Å². The molecular formula is C37H43FN6O4. The molecule has 1 saturated carbocycles. The number of piperidine rings is 1. The maximum atomic E-state index is 17.0. The largest absolute Gasteiger partial charge is 0.508 e. The van der Waals surface area contributed by atoms with Gasteiger partial charge in [0.25, 0.3) is 0 Å². The summed E-state index contributed by atoms with van der Waals surface area (Å²) in [5.41, 5.74) is 1.70. The highest BCUT2D eigenvalue weighted by atomic mass is 19.1. The Morgan fingerprint density at radius 2 is 1.98 bits per heavy atom. The van der Waals surface area contributed by atoms with E-state index in [1.165, 1.54) is 19.3 Å². The van der Waals surface area contributed by atoms with Crippen molar-refractivity contribution in [2.75, 3.05) is 44.8 Å². The lowest BCUT2D eigenvalue weighted by Crippen LogP contribution is -2.48. The van der Waals surface area contributed by atoms with E-state index < -0.39 is 11.9 Å². The number of carbonyl (C=O) groups is 1. The van der Waals surface area contributed by atoms with E-state index >= 15 is 4.39 Å². The molecule has 3 saturated heterocycles. The maximum Gasteiger partial charge on any atom is 0.406 e. The van der Waals surface area contributed by atoms with Crippen LogP contribution in [0.25, 0.3) is 32.9 Å². The lowest BCUT2D eigenvalue weighted by molar-refractivity contribution is 0.0556. The summed E-state index contributed by atoms with van der Waals surface area (Å²) in [5, 5.41) is 15.5. The Morgan fingerprint density at radius 3 is 2.77 bits per heavy atom. The van der Waals surface area contributed by atoms with Gasteiger partial charge in [0.1, 0.15) is 36.0 Å². The van der Waals surface area contributed by atoms with Crippen LogP contribution >= 0.6 is 0 Å². The molecule has 4 aliphatic rings. The number of nitrogens with zero attached hydrogens (tertiary/aromatic N) is 5. The normalized spacial score (nSPS) is 25.1. The summed E-state index contributed by atoms with van der Waals surface area (Å²) < 4.78 is 28.9. The van der Waals surface area contributed by atoms with Crippen molar-refractivity contribution >= 4 is 33.6 Å². The molecule has 0 spiro atoms. The first-order chi connectivity index (χ1) is 23.4. The van der Waals surface area contributed by atoms with Gasteiger partial charge in [0.05, 0.1) is 10.9 Å². The zero-order valence-corrected chi connectivity index (χ0v) is 27.7. The predicted octanol–water partition coefficient (Wildman–Crippen LogP) is 6.22. The first-order valence-electron chi connectivity index (χ1n) is 17.5. The monoisotopic (exact) mass is 654 g/mol. The van der Waals surface area contributed by atoms with Gasteiger partial charge in [-0.3, -0.25) is 9.88 Å². The second-order valence-corrected chi connectivity index (χ2v) is 14.2. The molecule has 3 aliphatic heterocycles. The quantitative estimate of drug-likeness (QED) is 0.229. The summed E-state index contributed by atoms with van der Waals surface area (Å²) in [6, 6.07) is 9.50. The SMILES string of the molecule is CCc1cccc2cc(O)cc(-c3ncc4c(N5CC6CCC(C6)C5)nc(OC[C@]56CCCN5[C@@H](COC(=O)NC)CC6)nc4c3F)c12. The molecule has 5 heterocycles. The molecule has 2 unspecified atom stereocenters. The molecule has 2 N–H and O–H groups in total. The van der Waals surface area contributed by atoms with Crippen LogP contribution < -0.4 is 15.0 Å². The molecule has 2 aromatic carbocycles. The van der Waals surface area contributed by atoms with Crippen molar-refractivity contribution in [1.82, 2.24) is 25.2 Å². The van der Waals surface area contributed by atoms with Crippen molar-refractivity contribution in [3.05, 3.63) is 47.9 Å². The van der Waals surface area contributed by atoms with Crippen molar-refractivity contribution in [2.24, 2.45) is 11.8 Å². The number of rotatable bonds is 8. The van der Waals surface area contributed by atoms with Gasteiger partial charge in [0.15, 0.2) is 5.82 Å². The number of carbonyl (C=O) groups excluding carboxylic acids is 1. The Morgan fingerprint density at radius 1 is 1.15 bits per heavy atom. The standard InChI is InChI=1S/C37H43FN6O4/c1-3-24-6-4-7-25-15-27(45)16-28(30(24)25)32-31(38)33-29(17-40-32)34(43-18-22-8-9-23(14-22)19-43)42-35(41-33)48-21-37-11-5-13-44(37)26(10-12-37)20-47-36(46)39-2/h4,6-7,15-17,22-23,26,45H,3,5,8-14,18-21H2,1-2H3,(H,39,46)/t22?,23?,26-,37-/m1/s1. The highest BCUT2D eigenvalue weighted by molar-refractivity contribution is 6.01. The number of ether oxygens (including phenoxy) is 2. The van der Waals surface area contributed by atoms with Gasteiger partial charge in [-0.25, -0.2) is 9.18 Å². The molecule has 4 fully saturated rings. The van der Waals surface area contributed by atoms with Gasteiger partial charge in [-0.05, 0) is 98.2 Å². The minimum atomic E-state index is -0.549. The Labute approximate surface area is 279 Å². The van der Waals surface area contributed by atoms with Crippen LogP contribution in [0.2, 0.25) is 0 Å². The summed E-state index contributed by atoms with van der Waals surface area (Å²) in [6.07, 6.45) is 9.48. The van der Waals surface area contributed by atoms with Crippen LogP contribution in [-0.2, 0) is 11.2 Å². The highest BCUT2D eigenvalue weighted by Gasteiger charge is 2.50. The average Bonchev–Trinajstić information content (AvgIpc) is 3.78. The average molecular weight is 655 g/mol. The van der Waals surface area contributed by atoms with E-state index in [0.29, 0.717) is 41.8 Å². The molecule has 2 aromatic heterocycles. The number of phenols is 1. The number of aromatic hydroxyl groups is 1. The number of aryl methyl sites for hydroxylation is 1. The van der Waals surface area contributed by atoms with Crippen LogP contribution in [0.5, 0.6) is 11.8 Å². The summed E-state index contributed by atoms with van der Waals surface area (Å²) in [7, 11) is 1.56. The number of anilines is 1. The minimum absolute atomic E-state index is 0.0548. The fourth-order valence-electron chi connectivity index (χ4n) is 9.10. The van der Waals surface area contributed by atoms with Gasteiger partial charge in [-0.2, -0.15) is 9.97 Å². The van der Waals surface area contributed by atoms with Crippen LogP contribution in [0, 0.1) is 17.7 Å². The molecule has 4 atom stereocenters. The lowest BCUT2D eigenvalue weighted by atomic mass is 9.95. The van der Waals surface area contributed by atoms with Crippen molar-refractivity contribution in [1.29, 1.82) is 0 Å². The van der Waals surface area contributed by atoms with E-state index in [-0.39, 0.29) is 34.6 Å². The van der Waals surface area contributed by atoms with E-state index in [0.717, 1.165) is 68.1 Å². The van der Waals surface area contributed by atoms with Crippen LogP contribution in [-0.4, -0.2) is 82.5 Å². The molecule has 2 bridgehead atoms. The van der Waals surface area contributed by atoms with Gasteiger partial charge >= 0.3 is 12.1 Å². The van der Waals surface area contributed by atoms with E-state index in [4.69, 9.17) is 24.4 Å². The predicted molar refractivity (Wildman–Crippen MR) is 182 cm³/mol. The lowest BCUT2D eigenvalue weighted by Gasteiger charge is -2.35. The molecule has 48 heavy (non-hydrogen) atoms. The van der Waals surface area contributed by atoms with E-state index in [1.54, 1.807) is 25.4 Å². The number of halogens is 1. The molecule has 4 aromatic rings. The van der Waals surface area contributed by atoms with Crippen molar-refractivity contribution in [2.45, 2.75) is 69.9 Å². The van der Waals surface area contributed by atoms with Crippen molar-refractivity contribution in [3.8, 4) is 23.0 Å². The third-order valence-corrected chi connectivity index (χ3v) is 11.3. The molecule has 11 heteroatoms. The van der Waals surface area contributed by atoms with Crippen molar-refractivity contribution in [3.63, 3.8) is 0 Å². The zero-order valence-electron chi connectivity index (χ0n) is 27.7. The van der Waals surface area contributed by atoms with Crippen LogP contribution in [0.4, 0.5) is 15.0 Å². The number of nitrogens with one attached hydrogen (secondary N) is 1. The highest BCUT2D eigenvalue weighted by Crippen LogP contribution is 2.44. The number of amides is 1. The summed E-state index contributed by atoms with van der Waals surface area (Å²) in [5.74, 6) is 1.37. The minimum Gasteiger partial charge on any atom is -0.508 e. The van der Waals surface area contributed by atoms with Crippen LogP contribution in [0.1, 0.15) is 57.4 Å². The Balaban J connectivity index is 1.19. The number of pyridine rings is 1. The second-order valence-electron chi connectivity index (χ2n) is 14.2. The van der Waals surface area contributed by atoms with Crippen LogP contribution in [0.15, 0.2) is 36.5 Å². The summed E-state index contributed by atoms with van der Waals surface area (Å²) in [6.45, 7) is 5.42. The Hall–Kier alpha value is -4.25. The number of hydrogen-bond acceptors (Lipinski definition) is 9. The van der Waals surface area contributed by atoms with Gasteiger partial charge in [-0.1, -0.05) is 25.1 Å². The number of phenolic OH excluding ortho intramolecular Hbond substituents is 1. The number of aromatic nitrogens is 3. The zero-order chi connectivity index (χ0) is 33.0. The first kappa shape index (κ1) is 31.0. The van der Waals surface area contributed by atoms with E-state index in [1.807, 2.05) is 18.2 Å². The summed E-state index contributed by atoms with van der Waals surface area (Å²) in [4.78, 5) is 30.9. The third-order valence-electron chi connectivity index (χ3n) is 11.3. The van der Waals surface area contributed by atoms with Gasteiger partial charge in [0.2, 0.25) is 0 Å².